The van der Waals surface area contributed by atoms with Gasteiger partial charge in [-0.1, -0.05) is 36.4 Å². The number of hydrogen-bond donors (Lipinski definition) is 1. The first-order chi connectivity index (χ1) is 13.4. The summed E-state index contributed by atoms with van der Waals surface area (Å²) in [5.74, 6) is -0.856. The van der Waals surface area contributed by atoms with Gasteiger partial charge in [0.1, 0.15) is 0 Å². The van der Waals surface area contributed by atoms with Gasteiger partial charge in [0.2, 0.25) is 10.0 Å². The van der Waals surface area contributed by atoms with Crippen LogP contribution in [0.2, 0.25) is 0 Å². The molecule has 4 rings (SSSR count). The van der Waals surface area contributed by atoms with Crippen molar-refractivity contribution < 1.29 is 18.3 Å². The Balaban J connectivity index is 1.71. The van der Waals surface area contributed by atoms with Gasteiger partial charge in [0, 0.05) is 36.2 Å². The summed E-state index contributed by atoms with van der Waals surface area (Å²) in [6, 6.07) is 16.0. The fourth-order valence-electron chi connectivity index (χ4n) is 4.13. The van der Waals surface area contributed by atoms with Gasteiger partial charge >= 0.3 is 5.97 Å². The van der Waals surface area contributed by atoms with Gasteiger partial charge in [0.25, 0.3) is 0 Å². The van der Waals surface area contributed by atoms with Crippen LogP contribution in [-0.2, 0) is 34.2 Å². The minimum atomic E-state index is -3.58. The molecular weight excluding hydrogens is 376 g/mol. The Kier molecular flexibility index (Phi) is 4.72. The van der Waals surface area contributed by atoms with E-state index in [-0.39, 0.29) is 17.4 Å². The molecule has 0 aliphatic carbocycles. The highest BCUT2D eigenvalue weighted by Gasteiger charge is 2.33. The average Bonchev–Trinajstić information content (AvgIpc) is 3.01. The highest BCUT2D eigenvalue weighted by molar-refractivity contribution is 7.89. The number of aliphatic carboxylic acids is 1. The number of nitrogens with zero attached hydrogens (tertiary/aromatic N) is 2. The molecule has 2 aromatic carbocycles. The zero-order valence-electron chi connectivity index (χ0n) is 15.6. The summed E-state index contributed by atoms with van der Waals surface area (Å²) in [4.78, 5) is 11.6. The number of sulfonamides is 1. The molecule has 0 saturated carbocycles. The number of carboxylic acids is 1. The predicted molar refractivity (Wildman–Crippen MR) is 107 cm³/mol. The Bertz CT molecular complexity index is 1140. The van der Waals surface area contributed by atoms with Gasteiger partial charge in [-0.3, -0.25) is 4.79 Å². The first-order valence-corrected chi connectivity index (χ1v) is 10.7. The van der Waals surface area contributed by atoms with Crippen molar-refractivity contribution in [2.45, 2.75) is 36.7 Å². The smallest absolute Gasteiger partial charge is 0.307 e. The number of hydrogen-bond acceptors (Lipinski definition) is 3. The monoisotopic (exact) mass is 398 g/mol. The predicted octanol–water partition coefficient (Wildman–Crippen LogP) is 2.90. The highest BCUT2D eigenvalue weighted by Crippen LogP contribution is 2.33. The van der Waals surface area contributed by atoms with Gasteiger partial charge in [-0.15, -0.1) is 0 Å². The van der Waals surface area contributed by atoms with Crippen molar-refractivity contribution in [2.24, 2.45) is 0 Å². The van der Waals surface area contributed by atoms with Crippen LogP contribution in [0.1, 0.15) is 17.7 Å². The van der Waals surface area contributed by atoms with Crippen LogP contribution in [0.5, 0.6) is 0 Å². The minimum absolute atomic E-state index is 0.0222. The van der Waals surface area contributed by atoms with E-state index in [2.05, 4.69) is 4.57 Å². The fraction of sp³-hybridized carbons (Fsp3) is 0.286. The summed E-state index contributed by atoms with van der Waals surface area (Å²) in [5, 5.41) is 10.3. The van der Waals surface area contributed by atoms with E-state index in [1.165, 1.54) is 4.31 Å². The van der Waals surface area contributed by atoms with Crippen LogP contribution in [0, 0.1) is 0 Å². The molecule has 1 N–H and O–H groups in total. The molecule has 0 spiro atoms. The number of carboxylic acid groups (broad SMARTS) is 1. The zero-order chi connectivity index (χ0) is 19.9. The normalized spacial score (nSPS) is 17.0. The zero-order valence-corrected chi connectivity index (χ0v) is 16.4. The van der Waals surface area contributed by atoms with Crippen molar-refractivity contribution in [1.82, 2.24) is 8.87 Å². The Hall–Kier alpha value is -2.64. The number of rotatable bonds is 5. The average molecular weight is 398 g/mol. The van der Waals surface area contributed by atoms with Crippen molar-refractivity contribution in [3.8, 4) is 0 Å². The number of fused-ring (bicyclic) bond motifs is 3. The Morgan fingerprint density at radius 2 is 1.82 bits per heavy atom. The molecule has 6 nitrogen and oxygen atoms in total. The third kappa shape index (κ3) is 3.10. The van der Waals surface area contributed by atoms with E-state index in [0.29, 0.717) is 19.4 Å². The van der Waals surface area contributed by atoms with Crippen LogP contribution >= 0.6 is 0 Å². The van der Waals surface area contributed by atoms with Crippen LogP contribution < -0.4 is 0 Å². The number of benzene rings is 2. The molecule has 3 aromatic rings. The molecular formula is C21H22N2O4S. The van der Waals surface area contributed by atoms with E-state index >= 15 is 0 Å². The third-order valence-electron chi connectivity index (χ3n) is 5.56. The van der Waals surface area contributed by atoms with Gasteiger partial charge in [-0.2, -0.15) is 4.31 Å². The molecule has 0 unspecified atom stereocenters. The van der Waals surface area contributed by atoms with E-state index in [4.69, 9.17) is 0 Å². The highest BCUT2D eigenvalue weighted by atomic mass is 32.2. The second kappa shape index (κ2) is 7.07. The second-order valence-corrected chi connectivity index (χ2v) is 9.15. The van der Waals surface area contributed by atoms with E-state index < -0.39 is 16.0 Å². The van der Waals surface area contributed by atoms with Crippen LogP contribution in [-0.4, -0.2) is 41.5 Å². The summed E-state index contributed by atoms with van der Waals surface area (Å²) in [6.07, 6.45) is 1.29. The molecule has 146 valence electrons. The minimum Gasteiger partial charge on any atom is -0.481 e. The van der Waals surface area contributed by atoms with Gasteiger partial charge in [0.15, 0.2) is 0 Å². The van der Waals surface area contributed by atoms with E-state index in [1.54, 1.807) is 37.4 Å². The van der Waals surface area contributed by atoms with Crippen molar-refractivity contribution in [3.05, 3.63) is 65.9 Å². The number of para-hydroxylation sites is 1. The summed E-state index contributed by atoms with van der Waals surface area (Å²) in [7, 11) is -1.95. The third-order valence-corrected chi connectivity index (χ3v) is 7.49. The van der Waals surface area contributed by atoms with Crippen molar-refractivity contribution in [1.29, 1.82) is 0 Å². The molecule has 0 bridgehead atoms. The molecule has 0 saturated heterocycles. The lowest BCUT2D eigenvalue weighted by molar-refractivity contribution is -0.136. The molecule has 0 amide bonds. The largest absolute Gasteiger partial charge is 0.481 e. The maximum atomic E-state index is 13.0. The van der Waals surface area contributed by atoms with Crippen molar-refractivity contribution in [2.75, 3.05) is 7.05 Å². The van der Waals surface area contributed by atoms with Crippen molar-refractivity contribution >= 4 is 26.9 Å². The summed E-state index contributed by atoms with van der Waals surface area (Å²) < 4.78 is 29.5. The van der Waals surface area contributed by atoms with Crippen LogP contribution in [0.3, 0.4) is 0 Å². The summed E-state index contributed by atoms with van der Waals surface area (Å²) in [6.45, 7) is 0.512. The number of likely N-dealkylation sites (N-methyl/N-ethyl adjacent to an activating group) is 1. The number of aromatic nitrogens is 1. The Morgan fingerprint density at radius 1 is 1.14 bits per heavy atom. The first-order valence-electron chi connectivity index (χ1n) is 9.23. The molecule has 1 aliphatic rings. The lowest BCUT2D eigenvalue weighted by Crippen LogP contribution is -2.42. The molecule has 1 atom stereocenters. The molecule has 0 fully saturated rings. The number of carbonyl (C=O) groups is 1. The van der Waals surface area contributed by atoms with Gasteiger partial charge in [-0.25, -0.2) is 8.42 Å². The first kappa shape index (κ1) is 18.7. The maximum absolute atomic E-state index is 13.0. The van der Waals surface area contributed by atoms with E-state index in [9.17, 15) is 18.3 Å². The van der Waals surface area contributed by atoms with Crippen LogP contribution in [0.25, 0.3) is 10.9 Å². The second-order valence-electron chi connectivity index (χ2n) is 7.15. The standard InChI is InChI=1S/C21H22N2O4S/c1-22(28(26,27)16-7-3-2-4-8-16)15-11-12-20-18(13-21(24)25)17-9-5-6-10-19(17)23(20)14-15/h2-10,15H,11-14H2,1H3,(H,24,25)/t15-/m1/s1. The summed E-state index contributed by atoms with van der Waals surface area (Å²) in [5.41, 5.74) is 2.81. The van der Waals surface area contributed by atoms with Gasteiger partial charge < -0.3 is 9.67 Å². The molecule has 28 heavy (non-hydrogen) atoms. The SMILES string of the molecule is CN([C@@H]1CCc2c(CC(=O)O)c3ccccc3n2C1)S(=O)(=O)c1ccccc1. The van der Waals surface area contributed by atoms with Crippen LogP contribution in [0.4, 0.5) is 0 Å². The van der Waals surface area contributed by atoms with Gasteiger partial charge in [-0.05, 0) is 36.6 Å². The molecule has 0 radical (unpaired) electrons. The topological polar surface area (TPSA) is 79.6 Å². The maximum Gasteiger partial charge on any atom is 0.307 e. The van der Waals surface area contributed by atoms with Crippen LogP contribution in [0.15, 0.2) is 59.5 Å². The van der Waals surface area contributed by atoms with E-state index in [0.717, 1.165) is 22.2 Å². The lowest BCUT2D eigenvalue weighted by atomic mass is 10.0. The lowest BCUT2D eigenvalue weighted by Gasteiger charge is -2.32. The molecule has 7 heteroatoms. The quantitative estimate of drug-likeness (QED) is 0.717. The Labute approximate surface area is 164 Å². The van der Waals surface area contributed by atoms with E-state index in [1.807, 2.05) is 24.3 Å². The fourth-order valence-corrected chi connectivity index (χ4v) is 5.53. The van der Waals surface area contributed by atoms with Crippen molar-refractivity contribution in [3.63, 3.8) is 0 Å². The summed E-state index contributed by atoms with van der Waals surface area (Å²) >= 11 is 0. The molecule has 1 aliphatic heterocycles. The molecule has 1 aromatic heterocycles. The van der Waals surface area contributed by atoms with Gasteiger partial charge in [0.05, 0.1) is 11.3 Å². The molecule has 2 heterocycles. The Morgan fingerprint density at radius 3 is 2.54 bits per heavy atom.